The molecule has 0 bridgehead atoms. The van der Waals surface area contributed by atoms with Crippen molar-refractivity contribution in [3.05, 3.63) is 25.3 Å². The van der Waals surface area contributed by atoms with Gasteiger partial charge >= 0.3 is 0 Å². The first kappa shape index (κ1) is 13.7. The molecule has 0 atom stereocenters. The fourth-order valence-corrected chi connectivity index (χ4v) is 2.22. The highest BCUT2D eigenvalue weighted by molar-refractivity contribution is 6.26. The average Bonchev–Trinajstić information content (AvgIpc) is 2.18. The van der Waals surface area contributed by atoms with Crippen molar-refractivity contribution in [2.45, 2.75) is 38.7 Å². The lowest BCUT2D eigenvalue weighted by molar-refractivity contribution is 0.306. The summed E-state index contributed by atoms with van der Waals surface area (Å²) in [5.41, 5.74) is 0. The monoisotopic (exact) mass is 212 g/mol. The van der Waals surface area contributed by atoms with E-state index in [9.17, 15) is 0 Å². The van der Waals surface area contributed by atoms with E-state index in [1.54, 1.807) is 0 Å². The second-order valence-electron chi connectivity index (χ2n) is 3.67. The maximum absolute atomic E-state index is 5.58. The van der Waals surface area contributed by atoms with Crippen LogP contribution in [0.3, 0.4) is 0 Å². The minimum atomic E-state index is -0.187. The fraction of sp³-hybridized carbons (Fsp3) is 0.667. The Morgan fingerprint density at radius 2 is 1.93 bits per heavy atom. The second-order valence-corrected chi connectivity index (χ2v) is 5.49. The lowest BCUT2D eigenvalue weighted by Crippen LogP contribution is -2.03. The van der Waals surface area contributed by atoms with Crippen LogP contribution in [0.4, 0.5) is 0 Å². The van der Waals surface area contributed by atoms with Crippen LogP contribution < -0.4 is 0 Å². The van der Waals surface area contributed by atoms with Gasteiger partial charge in [0.2, 0.25) is 0 Å². The molecule has 1 nitrogen and oxygen atoms in total. The van der Waals surface area contributed by atoms with Gasteiger partial charge < -0.3 is 4.43 Å². The molecule has 0 radical (unpaired) electrons. The van der Waals surface area contributed by atoms with Crippen LogP contribution in [0.5, 0.6) is 0 Å². The summed E-state index contributed by atoms with van der Waals surface area (Å²) in [5, 5.41) is 0. The van der Waals surface area contributed by atoms with E-state index in [1.807, 2.05) is 12.2 Å². The molecular weight excluding hydrogens is 188 g/mol. The summed E-state index contributed by atoms with van der Waals surface area (Å²) >= 11 is 0. The van der Waals surface area contributed by atoms with Crippen LogP contribution in [0, 0.1) is 5.92 Å². The van der Waals surface area contributed by atoms with Crippen molar-refractivity contribution < 1.29 is 4.43 Å². The van der Waals surface area contributed by atoms with E-state index in [0.717, 1.165) is 25.4 Å². The predicted octanol–water partition coefficient (Wildman–Crippen LogP) is 3.07. The van der Waals surface area contributed by atoms with E-state index in [-0.39, 0.29) is 9.76 Å². The molecule has 0 amide bonds. The summed E-state index contributed by atoms with van der Waals surface area (Å²) in [6, 6.07) is 1.25. The van der Waals surface area contributed by atoms with Gasteiger partial charge in [0.15, 0.2) is 9.76 Å². The fourth-order valence-electron chi connectivity index (χ4n) is 1.52. The molecule has 0 aliphatic carbocycles. The average molecular weight is 212 g/mol. The number of allylic oxidation sites excluding steroid dienone is 2. The molecule has 0 aromatic rings. The minimum absolute atomic E-state index is 0.187. The number of hydrogen-bond donors (Lipinski definition) is 0. The lowest BCUT2D eigenvalue weighted by atomic mass is 9.96. The Hall–Kier alpha value is -0.343. The maximum Gasteiger partial charge on any atom is 0.161 e. The van der Waals surface area contributed by atoms with E-state index in [0.29, 0.717) is 0 Å². The van der Waals surface area contributed by atoms with Gasteiger partial charge in [-0.1, -0.05) is 19.1 Å². The highest BCUT2D eigenvalue weighted by Gasteiger charge is 2.03. The summed E-state index contributed by atoms with van der Waals surface area (Å²) in [5.74, 6) is 0.733. The topological polar surface area (TPSA) is 9.23 Å². The highest BCUT2D eigenvalue weighted by atomic mass is 28.2. The van der Waals surface area contributed by atoms with E-state index in [4.69, 9.17) is 4.43 Å². The standard InChI is InChI=1S/C12H24OSi/c1-4-8-12(9-5-2)10-7-11-13-14-6-3/h4-5,12H,1-2,6-11,14H2,3H3. The minimum Gasteiger partial charge on any atom is -0.424 e. The largest absolute Gasteiger partial charge is 0.424 e. The zero-order valence-corrected chi connectivity index (χ0v) is 10.9. The molecule has 0 aromatic carbocycles. The Labute approximate surface area is 91.2 Å². The van der Waals surface area contributed by atoms with Crippen molar-refractivity contribution in [1.82, 2.24) is 0 Å². The normalized spacial score (nSPS) is 11.3. The molecule has 0 unspecified atom stereocenters. The van der Waals surface area contributed by atoms with Crippen LogP contribution >= 0.6 is 0 Å². The molecule has 0 spiro atoms. The Balaban J connectivity index is 3.39. The molecule has 0 aliphatic rings. The quantitative estimate of drug-likeness (QED) is 0.307. The molecule has 0 N–H and O–H groups in total. The van der Waals surface area contributed by atoms with Crippen LogP contribution in [0.25, 0.3) is 0 Å². The molecule has 0 aliphatic heterocycles. The van der Waals surface area contributed by atoms with Gasteiger partial charge in [0.05, 0.1) is 0 Å². The van der Waals surface area contributed by atoms with Crippen LogP contribution in [0.2, 0.25) is 6.04 Å². The zero-order chi connectivity index (χ0) is 10.6. The smallest absolute Gasteiger partial charge is 0.161 e. The Bertz CT molecular complexity index is 135. The molecule has 0 heterocycles. The molecule has 82 valence electrons. The molecule has 0 saturated carbocycles. The van der Waals surface area contributed by atoms with Crippen molar-refractivity contribution in [1.29, 1.82) is 0 Å². The van der Waals surface area contributed by atoms with Gasteiger partial charge in [0.25, 0.3) is 0 Å². The summed E-state index contributed by atoms with van der Waals surface area (Å²) < 4.78 is 5.58. The summed E-state index contributed by atoms with van der Waals surface area (Å²) in [6.07, 6.45) is 8.68. The van der Waals surface area contributed by atoms with Gasteiger partial charge in [-0.3, -0.25) is 0 Å². The van der Waals surface area contributed by atoms with Gasteiger partial charge in [-0.25, -0.2) is 0 Å². The third kappa shape index (κ3) is 8.26. The number of rotatable bonds is 10. The zero-order valence-electron chi connectivity index (χ0n) is 9.50. The second kappa shape index (κ2) is 10.7. The lowest BCUT2D eigenvalue weighted by Gasteiger charge is -2.12. The predicted molar refractivity (Wildman–Crippen MR) is 67.3 cm³/mol. The first-order valence-corrected chi connectivity index (χ1v) is 7.22. The first-order chi connectivity index (χ1) is 6.85. The molecule has 0 fully saturated rings. The third-order valence-electron chi connectivity index (χ3n) is 2.25. The van der Waals surface area contributed by atoms with E-state index < -0.39 is 0 Å². The molecular formula is C12H24OSi. The maximum atomic E-state index is 5.58. The van der Waals surface area contributed by atoms with Crippen LogP contribution in [-0.4, -0.2) is 16.4 Å². The SMILES string of the molecule is C=CCC(CC=C)CCCO[SiH2]CC. The first-order valence-electron chi connectivity index (χ1n) is 5.64. The molecule has 0 aromatic heterocycles. The van der Waals surface area contributed by atoms with E-state index in [1.165, 1.54) is 18.9 Å². The van der Waals surface area contributed by atoms with E-state index >= 15 is 0 Å². The van der Waals surface area contributed by atoms with Crippen molar-refractivity contribution in [3.63, 3.8) is 0 Å². The van der Waals surface area contributed by atoms with Gasteiger partial charge in [0.1, 0.15) is 0 Å². The summed E-state index contributed by atoms with van der Waals surface area (Å²) in [6.45, 7) is 10.7. The summed E-state index contributed by atoms with van der Waals surface area (Å²) in [7, 11) is -0.187. The molecule has 0 saturated heterocycles. The Kier molecular flexibility index (Phi) is 10.5. The van der Waals surface area contributed by atoms with Gasteiger partial charge in [-0.2, -0.15) is 0 Å². The molecule has 2 heteroatoms. The third-order valence-corrected chi connectivity index (χ3v) is 3.24. The van der Waals surface area contributed by atoms with Gasteiger partial charge in [-0.15, -0.1) is 13.2 Å². The van der Waals surface area contributed by atoms with Crippen LogP contribution in [0.15, 0.2) is 25.3 Å². The van der Waals surface area contributed by atoms with Crippen molar-refractivity contribution >= 4 is 9.76 Å². The van der Waals surface area contributed by atoms with Crippen molar-refractivity contribution in [3.8, 4) is 0 Å². The highest BCUT2D eigenvalue weighted by Crippen LogP contribution is 2.16. The van der Waals surface area contributed by atoms with Crippen molar-refractivity contribution in [2.75, 3.05) is 6.61 Å². The van der Waals surface area contributed by atoms with E-state index in [2.05, 4.69) is 20.1 Å². The van der Waals surface area contributed by atoms with Gasteiger partial charge in [-0.05, 0) is 37.6 Å². The molecule has 0 rings (SSSR count). The van der Waals surface area contributed by atoms with Crippen molar-refractivity contribution in [2.24, 2.45) is 5.92 Å². The number of hydrogen-bond acceptors (Lipinski definition) is 1. The van der Waals surface area contributed by atoms with Crippen LogP contribution in [-0.2, 0) is 4.43 Å². The Morgan fingerprint density at radius 1 is 1.29 bits per heavy atom. The van der Waals surface area contributed by atoms with Gasteiger partial charge in [0, 0.05) is 6.61 Å². The van der Waals surface area contributed by atoms with Crippen LogP contribution in [0.1, 0.15) is 32.6 Å². The summed E-state index contributed by atoms with van der Waals surface area (Å²) in [4.78, 5) is 0. The molecule has 14 heavy (non-hydrogen) atoms. The Morgan fingerprint density at radius 3 is 2.43 bits per heavy atom.